The van der Waals surface area contributed by atoms with E-state index in [2.05, 4.69) is 5.32 Å². The summed E-state index contributed by atoms with van der Waals surface area (Å²) in [6.45, 7) is 2.18. The van der Waals surface area contributed by atoms with Crippen molar-refractivity contribution in [2.45, 2.75) is 19.3 Å². The first-order valence-corrected chi connectivity index (χ1v) is 5.87. The molecule has 1 aliphatic rings. The van der Waals surface area contributed by atoms with Crippen molar-refractivity contribution in [3.63, 3.8) is 0 Å². The van der Waals surface area contributed by atoms with Gasteiger partial charge >= 0.3 is 0 Å². The SMILES string of the molecule is COc1cccc(CC2CCCNC2)c1O. The van der Waals surface area contributed by atoms with Crippen molar-refractivity contribution in [1.82, 2.24) is 5.32 Å². The summed E-state index contributed by atoms with van der Waals surface area (Å²) in [6.07, 6.45) is 3.40. The van der Waals surface area contributed by atoms with Crippen LogP contribution in [0.4, 0.5) is 0 Å². The zero-order valence-electron chi connectivity index (χ0n) is 9.70. The summed E-state index contributed by atoms with van der Waals surface area (Å²) in [5, 5.41) is 13.4. The van der Waals surface area contributed by atoms with E-state index in [1.54, 1.807) is 13.2 Å². The Hall–Kier alpha value is -1.22. The van der Waals surface area contributed by atoms with Crippen LogP contribution >= 0.6 is 0 Å². The Balaban J connectivity index is 2.08. The molecule has 0 spiro atoms. The number of rotatable bonds is 3. The second-order valence-electron chi connectivity index (χ2n) is 4.38. The van der Waals surface area contributed by atoms with Crippen molar-refractivity contribution in [3.8, 4) is 11.5 Å². The van der Waals surface area contributed by atoms with E-state index in [1.165, 1.54) is 12.8 Å². The van der Waals surface area contributed by atoms with Crippen LogP contribution in [0.2, 0.25) is 0 Å². The van der Waals surface area contributed by atoms with Gasteiger partial charge in [-0.25, -0.2) is 0 Å². The Morgan fingerprint density at radius 1 is 1.50 bits per heavy atom. The fraction of sp³-hybridized carbons (Fsp3) is 0.538. The molecule has 16 heavy (non-hydrogen) atoms. The number of para-hydroxylation sites is 1. The first kappa shape index (κ1) is 11.3. The average molecular weight is 221 g/mol. The predicted molar refractivity (Wildman–Crippen MR) is 64.0 cm³/mol. The van der Waals surface area contributed by atoms with Gasteiger partial charge < -0.3 is 15.2 Å². The Bertz CT molecular complexity index is 346. The Labute approximate surface area is 96.4 Å². The van der Waals surface area contributed by atoms with Crippen molar-refractivity contribution in [2.24, 2.45) is 5.92 Å². The number of phenolic OH excluding ortho intramolecular Hbond substituents is 1. The zero-order valence-corrected chi connectivity index (χ0v) is 9.70. The van der Waals surface area contributed by atoms with E-state index in [9.17, 15) is 5.11 Å². The molecule has 0 amide bonds. The van der Waals surface area contributed by atoms with Gasteiger partial charge in [-0.3, -0.25) is 0 Å². The van der Waals surface area contributed by atoms with Gasteiger partial charge in [0.1, 0.15) is 0 Å². The van der Waals surface area contributed by atoms with Crippen molar-refractivity contribution in [1.29, 1.82) is 0 Å². The normalized spacial score (nSPS) is 20.7. The molecule has 0 aromatic heterocycles. The molecule has 2 rings (SSSR count). The van der Waals surface area contributed by atoms with Gasteiger partial charge in [-0.15, -0.1) is 0 Å². The van der Waals surface area contributed by atoms with Crippen LogP contribution in [0.25, 0.3) is 0 Å². The molecule has 3 heteroatoms. The molecule has 1 atom stereocenters. The minimum absolute atomic E-state index is 0.301. The molecule has 1 saturated heterocycles. The number of aromatic hydroxyl groups is 1. The number of piperidine rings is 1. The molecule has 1 aromatic carbocycles. The van der Waals surface area contributed by atoms with Crippen molar-refractivity contribution in [2.75, 3.05) is 20.2 Å². The Morgan fingerprint density at radius 3 is 3.06 bits per heavy atom. The molecular weight excluding hydrogens is 202 g/mol. The predicted octanol–water partition coefficient (Wildman–Crippen LogP) is 1.94. The van der Waals surface area contributed by atoms with Crippen LogP contribution in [-0.2, 0) is 6.42 Å². The monoisotopic (exact) mass is 221 g/mol. The zero-order chi connectivity index (χ0) is 11.4. The lowest BCUT2D eigenvalue weighted by Gasteiger charge is -2.23. The lowest BCUT2D eigenvalue weighted by atomic mass is 9.92. The van der Waals surface area contributed by atoms with Crippen LogP contribution in [0, 0.1) is 5.92 Å². The van der Waals surface area contributed by atoms with Crippen LogP contribution in [0.15, 0.2) is 18.2 Å². The summed E-state index contributed by atoms with van der Waals surface area (Å²) in [4.78, 5) is 0. The van der Waals surface area contributed by atoms with Crippen LogP contribution in [0.3, 0.4) is 0 Å². The molecule has 0 saturated carbocycles. The fourth-order valence-corrected chi connectivity index (χ4v) is 2.31. The van der Waals surface area contributed by atoms with E-state index >= 15 is 0 Å². The molecule has 1 unspecified atom stereocenters. The van der Waals surface area contributed by atoms with E-state index in [0.29, 0.717) is 17.4 Å². The van der Waals surface area contributed by atoms with E-state index in [4.69, 9.17) is 4.74 Å². The maximum atomic E-state index is 9.97. The third-order valence-corrected chi connectivity index (χ3v) is 3.21. The number of methoxy groups -OCH3 is 1. The van der Waals surface area contributed by atoms with Crippen molar-refractivity contribution < 1.29 is 9.84 Å². The van der Waals surface area contributed by atoms with Gasteiger partial charge in [0.05, 0.1) is 7.11 Å². The number of ether oxygens (including phenoxy) is 1. The van der Waals surface area contributed by atoms with Crippen LogP contribution in [0.1, 0.15) is 18.4 Å². The minimum Gasteiger partial charge on any atom is -0.504 e. The van der Waals surface area contributed by atoms with E-state index < -0.39 is 0 Å². The Morgan fingerprint density at radius 2 is 2.38 bits per heavy atom. The highest BCUT2D eigenvalue weighted by atomic mass is 16.5. The highest BCUT2D eigenvalue weighted by molar-refractivity contribution is 5.45. The van der Waals surface area contributed by atoms with Gasteiger partial charge in [-0.1, -0.05) is 12.1 Å². The first-order valence-electron chi connectivity index (χ1n) is 5.87. The molecule has 88 valence electrons. The van der Waals surface area contributed by atoms with Gasteiger partial charge in [0.25, 0.3) is 0 Å². The highest BCUT2D eigenvalue weighted by Gasteiger charge is 2.16. The molecule has 2 N–H and O–H groups in total. The molecule has 1 aromatic rings. The smallest absolute Gasteiger partial charge is 0.160 e. The minimum atomic E-state index is 0.301. The Kier molecular flexibility index (Phi) is 3.67. The molecule has 3 nitrogen and oxygen atoms in total. The van der Waals surface area contributed by atoms with Crippen LogP contribution in [0.5, 0.6) is 11.5 Å². The third kappa shape index (κ3) is 2.47. The molecule has 1 heterocycles. The number of phenols is 1. The first-order chi connectivity index (χ1) is 7.81. The van der Waals surface area contributed by atoms with E-state index in [-0.39, 0.29) is 0 Å². The average Bonchev–Trinajstić information content (AvgIpc) is 2.33. The van der Waals surface area contributed by atoms with E-state index in [0.717, 1.165) is 25.1 Å². The third-order valence-electron chi connectivity index (χ3n) is 3.21. The van der Waals surface area contributed by atoms with Crippen LogP contribution < -0.4 is 10.1 Å². The molecular formula is C13H19NO2. The number of hydrogen-bond donors (Lipinski definition) is 2. The van der Waals surface area contributed by atoms with Gasteiger partial charge in [-0.05, 0) is 49.9 Å². The number of nitrogens with one attached hydrogen (secondary N) is 1. The standard InChI is InChI=1S/C13H19NO2/c1-16-12-6-2-5-11(13(12)15)8-10-4-3-7-14-9-10/h2,5-6,10,14-15H,3-4,7-9H2,1H3. The van der Waals surface area contributed by atoms with Gasteiger partial charge in [-0.2, -0.15) is 0 Å². The second kappa shape index (κ2) is 5.21. The summed E-state index contributed by atoms with van der Waals surface area (Å²) in [5.41, 5.74) is 0.994. The second-order valence-corrected chi connectivity index (χ2v) is 4.38. The van der Waals surface area contributed by atoms with E-state index in [1.807, 2.05) is 12.1 Å². The molecule has 0 radical (unpaired) electrons. The maximum absolute atomic E-state index is 9.97. The van der Waals surface area contributed by atoms with Gasteiger partial charge in [0, 0.05) is 0 Å². The van der Waals surface area contributed by atoms with Crippen molar-refractivity contribution in [3.05, 3.63) is 23.8 Å². The molecule has 0 bridgehead atoms. The molecule has 0 aliphatic carbocycles. The summed E-state index contributed by atoms with van der Waals surface area (Å²) in [5.74, 6) is 1.50. The highest BCUT2D eigenvalue weighted by Crippen LogP contribution is 2.31. The quantitative estimate of drug-likeness (QED) is 0.819. The van der Waals surface area contributed by atoms with Gasteiger partial charge in [0.15, 0.2) is 11.5 Å². The van der Waals surface area contributed by atoms with Crippen molar-refractivity contribution >= 4 is 0 Å². The summed E-state index contributed by atoms with van der Waals surface area (Å²) >= 11 is 0. The maximum Gasteiger partial charge on any atom is 0.160 e. The summed E-state index contributed by atoms with van der Waals surface area (Å²) in [6, 6.07) is 5.70. The number of hydrogen-bond acceptors (Lipinski definition) is 3. The van der Waals surface area contributed by atoms with Gasteiger partial charge in [0.2, 0.25) is 0 Å². The largest absolute Gasteiger partial charge is 0.504 e. The lowest BCUT2D eigenvalue weighted by molar-refractivity contribution is 0.354. The molecule has 1 fully saturated rings. The molecule has 1 aliphatic heterocycles. The fourth-order valence-electron chi connectivity index (χ4n) is 2.31. The van der Waals surface area contributed by atoms with Crippen LogP contribution in [-0.4, -0.2) is 25.3 Å². The topological polar surface area (TPSA) is 41.5 Å². The summed E-state index contributed by atoms with van der Waals surface area (Å²) in [7, 11) is 1.58. The number of benzene rings is 1. The summed E-state index contributed by atoms with van der Waals surface area (Å²) < 4.78 is 5.11. The lowest BCUT2D eigenvalue weighted by Crippen LogP contribution is -2.30.